The Labute approximate surface area is 631 Å². The lowest BCUT2D eigenvalue weighted by Gasteiger charge is -2.33. The Hall–Kier alpha value is -12.8. The second-order valence-corrected chi connectivity index (χ2v) is 29.7. The molecule has 27 heteroatoms. The van der Waals surface area contributed by atoms with Crippen LogP contribution in [-0.4, -0.2) is 89.4 Å². The van der Waals surface area contributed by atoms with Gasteiger partial charge in [-0.15, -0.1) is 0 Å². The predicted molar refractivity (Wildman–Crippen MR) is 390 cm³/mol. The summed E-state index contributed by atoms with van der Waals surface area (Å²) < 4.78 is 143. The van der Waals surface area contributed by atoms with Crippen LogP contribution in [0.1, 0.15) is 234 Å². The van der Waals surface area contributed by atoms with Gasteiger partial charge in [0.2, 0.25) is 0 Å². The van der Waals surface area contributed by atoms with E-state index in [0.29, 0.717) is 36.4 Å². The van der Waals surface area contributed by atoms with Crippen LogP contribution in [0.5, 0.6) is 0 Å². The van der Waals surface area contributed by atoms with Crippen LogP contribution in [0.2, 0.25) is 0 Å². The second-order valence-electron chi connectivity index (χ2n) is 29.7. The van der Waals surface area contributed by atoms with Crippen LogP contribution in [0.25, 0.3) is 0 Å². The molecule has 9 aromatic carbocycles. The number of fused-ring (bicyclic) bond motifs is 6. The van der Waals surface area contributed by atoms with Crippen LogP contribution in [0.15, 0.2) is 127 Å². The van der Waals surface area contributed by atoms with E-state index in [2.05, 4.69) is 0 Å². The lowest BCUT2D eigenvalue weighted by atomic mass is 9.74. The molecule has 6 aliphatic rings. The van der Waals surface area contributed by atoms with Crippen LogP contribution in [0.3, 0.4) is 0 Å². The standard InChI is InChI=1S/C85H61F9N6O12/c1-35-26-36(2)63(42(8)41(35)7)96-70(103)52-21-16-47(31-58(52)75(96)108)81(12,84(89,90)91)48-17-23-54-60(32-48)77(110)99(72(54)105)66-39(5)28-40(6)67(44(66)10)100-74(107)56-25-19-50(34-62(56)79(100)112)82(13,85(92,93)94)49-18-24-55-61(33-49)78(111)98(73(55)106)65-38(4)27-37(3)64(43(65)9)97-71(104)53-22-15-46(30-59(53)76(97)109)80(11,83(86,87)88)45-14-20-51-57(29-45)69(102)95-68(51)101/h14-34H,1-13H3,(H,95,101,102). The number of imide groups is 6. The molecule has 6 heterocycles. The lowest BCUT2D eigenvalue weighted by Crippen LogP contribution is -2.41. The molecule has 566 valence electrons. The smallest absolute Gasteiger partial charge is 0.288 e. The summed E-state index contributed by atoms with van der Waals surface area (Å²) in [5.74, 6) is -11.9. The van der Waals surface area contributed by atoms with E-state index in [1.54, 1.807) is 19.9 Å². The first-order chi connectivity index (χ1) is 52.2. The van der Waals surface area contributed by atoms with Gasteiger partial charge in [0.15, 0.2) is 0 Å². The molecule has 12 amide bonds. The van der Waals surface area contributed by atoms with Gasteiger partial charge < -0.3 is 0 Å². The maximum atomic E-state index is 16.3. The third-order valence-electron chi connectivity index (χ3n) is 23.5. The average Bonchev–Trinajstić information content (AvgIpc) is 1.53. The van der Waals surface area contributed by atoms with E-state index >= 15 is 39.5 Å². The number of benzene rings is 9. The quantitative estimate of drug-likeness (QED) is 0.0941. The SMILES string of the molecule is Cc1cc(C)c(N2C(=O)c3ccc(C(C)(c4ccc5c(c4)C(=O)N(c4c(C)cc(C)c(N6C(=O)c7ccc(C(C)(c8ccc9c(c8)C(=O)N(c8c(C)cc(C)c(N%10C(=O)c%11ccc(C(C)(c%12ccc%13c(c%12)C(=O)NC%13=O)C(F)(F)F)cc%11C%10=O)c8C)C9=O)C(F)(F)F)cc7C6=O)c4C)C5=O)C(F)(F)F)cc3C2=O)c(C)c1C. The molecule has 3 atom stereocenters. The number of nitrogens with one attached hydrogen (secondary N) is 1. The van der Waals surface area contributed by atoms with E-state index in [1.807, 2.05) is 19.2 Å². The zero-order valence-electron chi connectivity index (χ0n) is 61.7. The molecule has 0 aliphatic carbocycles. The Bertz CT molecular complexity index is 6090. The number of hydrogen-bond donors (Lipinski definition) is 1. The molecule has 0 saturated carbocycles. The number of hydrogen-bond acceptors (Lipinski definition) is 12. The van der Waals surface area contributed by atoms with Crippen molar-refractivity contribution in [1.82, 2.24) is 5.32 Å². The fraction of sp³-hybridized carbons (Fsp3) is 0.224. The summed E-state index contributed by atoms with van der Waals surface area (Å²) in [5, 5.41) is 2.03. The molecule has 0 saturated heterocycles. The number of rotatable bonds is 11. The minimum Gasteiger partial charge on any atom is -0.288 e. The van der Waals surface area contributed by atoms with E-state index in [4.69, 9.17) is 0 Å². The normalized spacial score (nSPS) is 17.1. The van der Waals surface area contributed by atoms with Crippen molar-refractivity contribution < 1.29 is 97.0 Å². The molecule has 0 bridgehead atoms. The van der Waals surface area contributed by atoms with Gasteiger partial charge in [-0.1, -0.05) is 54.6 Å². The van der Waals surface area contributed by atoms with Gasteiger partial charge in [-0.2, -0.15) is 39.5 Å². The molecule has 0 aromatic heterocycles. The first kappa shape index (κ1) is 74.6. The van der Waals surface area contributed by atoms with Crippen molar-refractivity contribution in [2.45, 2.75) is 125 Å². The van der Waals surface area contributed by atoms with Gasteiger partial charge in [0.1, 0.15) is 16.2 Å². The van der Waals surface area contributed by atoms with Crippen LogP contribution >= 0.6 is 0 Å². The molecule has 1 N–H and O–H groups in total. The Balaban J connectivity index is 0.715. The monoisotopic (exact) mass is 1530 g/mol. The van der Waals surface area contributed by atoms with E-state index in [1.165, 1.54) is 53.7 Å². The number of carbonyl (C=O) groups is 12. The molecule has 15 rings (SSSR count). The number of alkyl halides is 9. The molecular weight excluding hydrogens is 1470 g/mol. The van der Waals surface area contributed by atoms with Crippen molar-refractivity contribution in [2.75, 3.05) is 24.5 Å². The van der Waals surface area contributed by atoms with Crippen LogP contribution in [-0.2, 0) is 16.2 Å². The van der Waals surface area contributed by atoms with E-state index in [-0.39, 0.29) is 101 Å². The second kappa shape index (κ2) is 24.3. The van der Waals surface area contributed by atoms with Crippen molar-refractivity contribution in [2.24, 2.45) is 0 Å². The maximum absolute atomic E-state index is 16.3. The fourth-order valence-electron chi connectivity index (χ4n) is 17.1. The van der Waals surface area contributed by atoms with Crippen molar-refractivity contribution in [3.05, 3.63) is 283 Å². The molecule has 9 aromatic rings. The zero-order chi connectivity index (χ0) is 81.4. The Kier molecular flexibility index (Phi) is 16.2. The number of anilines is 5. The van der Waals surface area contributed by atoms with Crippen molar-refractivity contribution in [3.63, 3.8) is 0 Å². The highest BCUT2D eigenvalue weighted by molar-refractivity contribution is 6.40. The highest BCUT2D eigenvalue weighted by atomic mass is 19.4. The van der Waals surface area contributed by atoms with Crippen LogP contribution in [0, 0.1) is 69.2 Å². The molecule has 0 fully saturated rings. The van der Waals surface area contributed by atoms with E-state index < -0.39 is 161 Å². The van der Waals surface area contributed by atoms with E-state index in [9.17, 15) is 57.5 Å². The average molecular weight is 1530 g/mol. The first-order valence-corrected chi connectivity index (χ1v) is 34.9. The van der Waals surface area contributed by atoms with Gasteiger partial charge in [0.25, 0.3) is 70.9 Å². The minimum absolute atomic E-state index is 0.0535. The Morgan fingerprint density at radius 3 is 0.643 bits per heavy atom. The van der Waals surface area contributed by atoms with Gasteiger partial charge in [-0.25, -0.2) is 24.5 Å². The van der Waals surface area contributed by atoms with Crippen molar-refractivity contribution in [3.8, 4) is 0 Å². The molecule has 0 radical (unpaired) electrons. The first-order valence-electron chi connectivity index (χ1n) is 34.9. The zero-order valence-corrected chi connectivity index (χ0v) is 61.7. The summed E-state index contributed by atoms with van der Waals surface area (Å²) >= 11 is 0. The van der Waals surface area contributed by atoms with Gasteiger partial charge in [-0.3, -0.25) is 62.9 Å². The summed E-state index contributed by atoms with van der Waals surface area (Å²) in [4.78, 5) is 175. The van der Waals surface area contributed by atoms with Crippen LogP contribution < -0.4 is 29.8 Å². The number of amides is 12. The fourth-order valence-corrected chi connectivity index (χ4v) is 17.1. The van der Waals surface area contributed by atoms with Crippen LogP contribution in [0.4, 0.5) is 68.0 Å². The molecule has 18 nitrogen and oxygen atoms in total. The number of aryl methyl sites for hydroxylation is 6. The topological polar surface area (TPSA) is 233 Å². The number of carbonyl (C=O) groups excluding carboxylic acids is 12. The van der Waals surface area contributed by atoms with Crippen molar-refractivity contribution >= 4 is 99.3 Å². The maximum Gasteiger partial charge on any atom is 0.402 e. The third-order valence-corrected chi connectivity index (χ3v) is 23.5. The molecule has 6 aliphatic heterocycles. The summed E-state index contributed by atoms with van der Waals surface area (Å²) in [6.45, 7) is 18.1. The number of halogens is 9. The van der Waals surface area contributed by atoms with E-state index in [0.717, 1.165) is 146 Å². The molecule has 0 spiro atoms. The van der Waals surface area contributed by atoms with Gasteiger partial charge in [-0.05, 0) is 252 Å². The predicted octanol–water partition coefficient (Wildman–Crippen LogP) is 16.3. The lowest BCUT2D eigenvalue weighted by molar-refractivity contribution is -0.173. The number of nitrogens with zero attached hydrogens (tertiary/aromatic N) is 5. The van der Waals surface area contributed by atoms with Gasteiger partial charge in [0, 0.05) is 0 Å². The third kappa shape index (κ3) is 9.98. The molecular formula is C85H61F9N6O12. The Morgan fingerprint density at radius 1 is 0.223 bits per heavy atom. The highest BCUT2D eigenvalue weighted by Gasteiger charge is 2.59. The van der Waals surface area contributed by atoms with Gasteiger partial charge >= 0.3 is 18.5 Å². The summed E-state index contributed by atoms with van der Waals surface area (Å²) in [6.07, 6.45) is -15.6. The molecule has 112 heavy (non-hydrogen) atoms. The summed E-state index contributed by atoms with van der Waals surface area (Å²) in [6, 6.07) is 22.3. The van der Waals surface area contributed by atoms with Crippen molar-refractivity contribution in [1.29, 1.82) is 0 Å². The summed E-state index contributed by atoms with van der Waals surface area (Å²) in [7, 11) is 0. The highest BCUT2D eigenvalue weighted by Crippen LogP contribution is 2.54. The Morgan fingerprint density at radius 2 is 0.411 bits per heavy atom. The van der Waals surface area contributed by atoms with Gasteiger partial charge in [0.05, 0.1) is 95.2 Å². The summed E-state index contributed by atoms with van der Waals surface area (Å²) in [5.41, 5.74) is -13.5. The largest absolute Gasteiger partial charge is 0.402 e. The molecule has 3 unspecified atom stereocenters. The minimum atomic E-state index is -5.30.